The molecule has 1 aromatic carbocycles. The van der Waals surface area contributed by atoms with Crippen molar-refractivity contribution in [1.82, 2.24) is 10.6 Å². The lowest BCUT2D eigenvalue weighted by Gasteiger charge is -2.03. The monoisotopic (exact) mass is 238 g/mol. The highest BCUT2D eigenvalue weighted by molar-refractivity contribution is 7.98. The number of guanidine groups is 1. The van der Waals surface area contributed by atoms with Crippen LogP contribution in [0.4, 0.5) is 10.5 Å². The van der Waals surface area contributed by atoms with Gasteiger partial charge in [-0.2, -0.15) is 0 Å². The van der Waals surface area contributed by atoms with Gasteiger partial charge in [0.25, 0.3) is 0 Å². The van der Waals surface area contributed by atoms with Crippen LogP contribution in [0.1, 0.15) is 0 Å². The van der Waals surface area contributed by atoms with Crippen LogP contribution in [0.15, 0.2) is 34.2 Å². The van der Waals surface area contributed by atoms with Crippen molar-refractivity contribution in [3.63, 3.8) is 0 Å². The molecule has 0 fully saturated rings. The van der Waals surface area contributed by atoms with E-state index in [-0.39, 0.29) is 12.0 Å². The summed E-state index contributed by atoms with van der Waals surface area (Å²) in [7, 11) is 1.51. The highest BCUT2D eigenvalue weighted by Crippen LogP contribution is 2.20. The van der Waals surface area contributed by atoms with Gasteiger partial charge in [0.1, 0.15) is 0 Å². The fraction of sp³-hybridized carbons (Fsp3) is 0.200. The molecule has 1 rings (SSSR count). The molecule has 2 amide bonds. The number of amides is 2. The molecule has 0 saturated carbocycles. The number of hydrogen-bond donors (Lipinski definition) is 3. The molecule has 0 spiro atoms. The van der Waals surface area contributed by atoms with Crippen molar-refractivity contribution in [3.8, 4) is 0 Å². The van der Waals surface area contributed by atoms with E-state index in [0.29, 0.717) is 5.69 Å². The lowest BCUT2D eigenvalue weighted by atomic mass is 10.3. The van der Waals surface area contributed by atoms with Gasteiger partial charge in [0, 0.05) is 11.9 Å². The Kier molecular flexibility index (Phi) is 4.65. The smallest absolute Gasteiger partial charge is 0.321 e. The largest absolute Gasteiger partial charge is 0.369 e. The van der Waals surface area contributed by atoms with Crippen molar-refractivity contribution in [3.05, 3.63) is 24.3 Å². The first-order valence-corrected chi connectivity index (χ1v) is 5.85. The molecule has 0 aliphatic carbocycles. The van der Waals surface area contributed by atoms with Gasteiger partial charge in [-0.25, -0.2) is 9.79 Å². The van der Waals surface area contributed by atoms with Crippen molar-refractivity contribution in [2.75, 3.05) is 13.3 Å². The average molecular weight is 238 g/mol. The molecule has 0 aliphatic heterocycles. The average Bonchev–Trinajstić information content (AvgIpc) is 2.28. The number of rotatable bonds is 2. The summed E-state index contributed by atoms with van der Waals surface area (Å²) in [4.78, 5) is 16.1. The van der Waals surface area contributed by atoms with Crippen LogP contribution in [0.2, 0.25) is 0 Å². The second-order valence-electron chi connectivity index (χ2n) is 2.90. The minimum Gasteiger partial charge on any atom is -0.369 e. The third kappa shape index (κ3) is 3.82. The maximum Gasteiger partial charge on any atom is 0.321 e. The summed E-state index contributed by atoms with van der Waals surface area (Å²) in [6, 6.07) is 7.19. The van der Waals surface area contributed by atoms with Crippen LogP contribution >= 0.6 is 11.8 Å². The zero-order valence-corrected chi connectivity index (χ0v) is 9.97. The molecule has 0 aliphatic rings. The lowest BCUT2D eigenvalue weighted by molar-refractivity contribution is 0.247. The molecule has 16 heavy (non-hydrogen) atoms. The topological polar surface area (TPSA) is 79.5 Å². The normalized spacial score (nSPS) is 11.0. The number of carbonyl (C=O) groups excluding carboxylic acids is 1. The lowest BCUT2D eigenvalue weighted by Crippen LogP contribution is -2.41. The number of carbonyl (C=O) groups is 1. The summed E-state index contributed by atoms with van der Waals surface area (Å²) in [6.07, 6.45) is 1.98. The predicted octanol–water partition coefficient (Wildman–Crippen LogP) is 1.28. The summed E-state index contributed by atoms with van der Waals surface area (Å²) in [5, 5.41) is 4.78. The Morgan fingerprint density at radius 3 is 2.88 bits per heavy atom. The van der Waals surface area contributed by atoms with E-state index in [1.54, 1.807) is 11.8 Å². The highest BCUT2D eigenvalue weighted by Gasteiger charge is 1.99. The fourth-order valence-electron chi connectivity index (χ4n) is 1.03. The second kappa shape index (κ2) is 6.02. The minimum atomic E-state index is -0.387. The molecule has 0 saturated heterocycles. The summed E-state index contributed by atoms with van der Waals surface area (Å²) < 4.78 is 0. The first kappa shape index (κ1) is 12.4. The Morgan fingerprint density at radius 2 is 2.25 bits per heavy atom. The van der Waals surface area contributed by atoms with Crippen LogP contribution in [-0.4, -0.2) is 25.3 Å². The van der Waals surface area contributed by atoms with Gasteiger partial charge in [0.05, 0.1) is 5.69 Å². The molecular formula is C10H14N4OS. The second-order valence-corrected chi connectivity index (χ2v) is 3.78. The van der Waals surface area contributed by atoms with Gasteiger partial charge >= 0.3 is 6.03 Å². The molecule has 4 N–H and O–H groups in total. The van der Waals surface area contributed by atoms with Gasteiger partial charge in [-0.3, -0.25) is 5.32 Å². The number of nitrogens with zero attached hydrogens (tertiary/aromatic N) is 1. The van der Waals surface area contributed by atoms with E-state index in [2.05, 4.69) is 15.6 Å². The van der Waals surface area contributed by atoms with E-state index < -0.39 is 0 Å². The molecule has 0 radical (unpaired) electrons. The SMILES string of the molecule is CNC(=O)NC(N)=Nc1cccc(SC)c1. The Bertz CT molecular complexity index is 406. The summed E-state index contributed by atoms with van der Waals surface area (Å²) in [6.45, 7) is 0. The first-order chi connectivity index (χ1) is 7.65. The Hall–Kier alpha value is -1.69. The predicted molar refractivity (Wildman–Crippen MR) is 67.1 cm³/mol. The number of hydrogen-bond acceptors (Lipinski definition) is 3. The van der Waals surface area contributed by atoms with Crippen molar-refractivity contribution in [2.24, 2.45) is 10.7 Å². The van der Waals surface area contributed by atoms with Crippen LogP contribution < -0.4 is 16.4 Å². The molecule has 0 aromatic heterocycles. The number of nitrogens with one attached hydrogen (secondary N) is 2. The van der Waals surface area contributed by atoms with Crippen LogP contribution in [0.3, 0.4) is 0 Å². The zero-order valence-electron chi connectivity index (χ0n) is 9.15. The molecule has 0 heterocycles. The summed E-state index contributed by atoms with van der Waals surface area (Å²) >= 11 is 1.62. The number of nitrogens with two attached hydrogens (primary N) is 1. The van der Waals surface area contributed by atoms with Crippen molar-refractivity contribution in [2.45, 2.75) is 4.90 Å². The van der Waals surface area contributed by atoms with Crippen molar-refractivity contribution in [1.29, 1.82) is 0 Å². The van der Waals surface area contributed by atoms with E-state index in [9.17, 15) is 4.79 Å². The van der Waals surface area contributed by atoms with E-state index in [1.807, 2.05) is 30.5 Å². The van der Waals surface area contributed by atoms with Gasteiger partial charge in [0.15, 0.2) is 0 Å². The van der Waals surface area contributed by atoms with E-state index in [0.717, 1.165) is 4.90 Å². The van der Waals surface area contributed by atoms with Gasteiger partial charge in [-0.15, -0.1) is 11.8 Å². The third-order valence-electron chi connectivity index (χ3n) is 1.77. The van der Waals surface area contributed by atoms with Gasteiger partial charge < -0.3 is 11.1 Å². The van der Waals surface area contributed by atoms with E-state index in [4.69, 9.17) is 5.73 Å². The summed E-state index contributed by atoms with van der Waals surface area (Å²) in [5.74, 6) is 0.0672. The Morgan fingerprint density at radius 1 is 1.50 bits per heavy atom. The van der Waals surface area contributed by atoms with Crippen molar-refractivity contribution >= 4 is 29.4 Å². The van der Waals surface area contributed by atoms with Crippen LogP contribution in [0, 0.1) is 0 Å². The number of urea groups is 1. The maximum absolute atomic E-state index is 10.9. The Labute approximate surface area is 98.5 Å². The number of aliphatic imine (C=N–C) groups is 1. The highest BCUT2D eigenvalue weighted by atomic mass is 32.2. The Balaban J connectivity index is 2.77. The molecule has 0 bridgehead atoms. The van der Waals surface area contributed by atoms with Gasteiger partial charge in [-0.05, 0) is 24.5 Å². The molecule has 0 atom stereocenters. The molecule has 86 valence electrons. The minimum absolute atomic E-state index is 0.0672. The maximum atomic E-state index is 10.9. The number of benzene rings is 1. The fourth-order valence-corrected chi connectivity index (χ4v) is 1.48. The summed E-state index contributed by atoms with van der Waals surface area (Å²) in [5.41, 5.74) is 6.25. The zero-order chi connectivity index (χ0) is 12.0. The number of thioether (sulfide) groups is 1. The van der Waals surface area contributed by atoms with Crippen LogP contribution in [0.25, 0.3) is 0 Å². The third-order valence-corrected chi connectivity index (χ3v) is 2.50. The van der Waals surface area contributed by atoms with Crippen LogP contribution in [0.5, 0.6) is 0 Å². The van der Waals surface area contributed by atoms with Gasteiger partial charge in [-0.1, -0.05) is 6.07 Å². The standard InChI is InChI=1S/C10H14N4OS/c1-12-10(15)14-9(11)13-7-4-3-5-8(6-7)16-2/h3-6H,1-2H3,(H4,11,12,13,14,15). The van der Waals surface area contributed by atoms with E-state index in [1.165, 1.54) is 7.05 Å². The molecular weight excluding hydrogens is 224 g/mol. The molecule has 6 heteroatoms. The quantitative estimate of drug-likeness (QED) is 0.412. The molecule has 5 nitrogen and oxygen atoms in total. The van der Waals surface area contributed by atoms with E-state index >= 15 is 0 Å². The van der Waals surface area contributed by atoms with Gasteiger partial charge in [0.2, 0.25) is 5.96 Å². The van der Waals surface area contributed by atoms with Crippen molar-refractivity contribution < 1.29 is 4.79 Å². The molecule has 0 unspecified atom stereocenters. The molecule has 1 aromatic rings. The van der Waals surface area contributed by atoms with Crippen LogP contribution in [-0.2, 0) is 0 Å². The first-order valence-electron chi connectivity index (χ1n) is 4.62.